The Bertz CT molecular complexity index is 973. The van der Waals surface area contributed by atoms with Crippen LogP contribution in [0.5, 0.6) is 5.88 Å². The van der Waals surface area contributed by atoms with Crippen LogP contribution in [-0.4, -0.2) is 68.9 Å². The fourth-order valence-corrected chi connectivity index (χ4v) is 3.33. The molecule has 0 spiro atoms. The van der Waals surface area contributed by atoms with Crippen molar-refractivity contribution in [2.24, 2.45) is 0 Å². The molecule has 0 atom stereocenters. The number of fused-ring (bicyclic) bond motifs is 1. The molecule has 0 unspecified atom stereocenters. The molecule has 3 aromatic rings. The van der Waals surface area contributed by atoms with E-state index in [2.05, 4.69) is 43.9 Å². The first-order chi connectivity index (χ1) is 13.1. The lowest BCUT2D eigenvalue weighted by Gasteiger charge is -2.33. The van der Waals surface area contributed by atoms with Gasteiger partial charge >= 0.3 is 0 Å². The van der Waals surface area contributed by atoms with Crippen molar-refractivity contribution in [2.75, 3.05) is 38.1 Å². The summed E-state index contributed by atoms with van der Waals surface area (Å²) in [4.78, 5) is 18.2. The van der Waals surface area contributed by atoms with Crippen molar-refractivity contribution in [3.8, 4) is 17.3 Å². The summed E-state index contributed by atoms with van der Waals surface area (Å²) in [6.07, 6.45) is 3.76. The number of hydrogen-bond donors (Lipinski definition) is 1. The summed E-state index contributed by atoms with van der Waals surface area (Å²) in [6, 6.07) is 5.85. The fourth-order valence-electron chi connectivity index (χ4n) is 3.33. The van der Waals surface area contributed by atoms with Gasteiger partial charge in [-0.25, -0.2) is 15.0 Å². The van der Waals surface area contributed by atoms with Crippen molar-refractivity contribution in [3.63, 3.8) is 0 Å². The highest BCUT2D eigenvalue weighted by Crippen LogP contribution is 2.39. The molecule has 1 saturated carbocycles. The van der Waals surface area contributed by atoms with Crippen molar-refractivity contribution < 1.29 is 4.74 Å². The van der Waals surface area contributed by atoms with Crippen LogP contribution in [0.1, 0.15) is 19.8 Å². The second-order valence-corrected chi connectivity index (χ2v) is 7.72. The van der Waals surface area contributed by atoms with Gasteiger partial charge in [-0.05, 0) is 32.9 Å². The number of pyridine rings is 1. The standard InChI is InChI=1S/C19H23N7O/c1-19(5-6-19)27-16-4-3-13-17(22-16)18(24-23-13)14-11-15(21-12-20-14)26-9-7-25(2)8-10-26/h3-4,11-12H,5-10H2,1-2H3,(H,23,24). The molecule has 0 bridgehead atoms. The second-order valence-electron chi connectivity index (χ2n) is 7.72. The first-order valence-electron chi connectivity index (χ1n) is 9.40. The number of likely N-dealkylation sites (N-methyl/N-ethyl adjacent to an activating group) is 1. The molecule has 0 radical (unpaired) electrons. The lowest BCUT2D eigenvalue weighted by atomic mass is 10.2. The smallest absolute Gasteiger partial charge is 0.214 e. The highest BCUT2D eigenvalue weighted by molar-refractivity contribution is 5.89. The van der Waals surface area contributed by atoms with Gasteiger partial charge in [0.2, 0.25) is 5.88 Å². The van der Waals surface area contributed by atoms with E-state index < -0.39 is 0 Å². The third-order valence-corrected chi connectivity index (χ3v) is 5.41. The van der Waals surface area contributed by atoms with Gasteiger partial charge in [-0.1, -0.05) is 0 Å². The lowest BCUT2D eigenvalue weighted by Crippen LogP contribution is -2.44. The zero-order chi connectivity index (χ0) is 18.4. The molecule has 140 valence electrons. The van der Waals surface area contributed by atoms with E-state index in [0.717, 1.165) is 67.3 Å². The normalized spacial score (nSPS) is 19.4. The number of rotatable bonds is 4. The fraction of sp³-hybridized carbons (Fsp3) is 0.474. The first kappa shape index (κ1) is 16.4. The van der Waals surface area contributed by atoms with Gasteiger partial charge in [0.1, 0.15) is 29.0 Å². The molecule has 1 aliphatic carbocycles. The summed E-state index contributed by atoms with van der Waals surface area (Å²) in [7, 11) is 2.14. The van der Waals surface area contributed by atoms with E-state index in [9.17, 15) is 0 Å². The molecule has 4 heterocycles. The zero-order valence-corrected chi connectivity index (χ0v) is 15.6. The molecule has 0 amide bonds. The predicted molar refractivity (Wildman–Crippen MR) is 103 cm³/mol. The van der Waals surface area contributed by atoms with Crippen LogP contribution >= 0.6 is 0 Å². The largest absolute Gasteiger partial charge is 0.471 e. The Balaban J connectivity index is 1.47. The Kier molecular flexibility index (Phi) is 3.75. The summed E-state index contributed by atoms with van der Waals surface area (Å²) in [6.45, 7) is 6.10. The van der Waals surface area contributed by atoms with Crippen molar-refractivity contribution in [3.05, 3.63) is 24.5 Å². The molecular formula is C19H23N7O. The Hall–Kier alpha value is -2.74. The van der Waals surface area contributed by atoms with Crippen molar-refractivity contribution in [1.82, 2.24) is 30.0 Å². The summed E-state index contributed by atoms with van der Waals surface area (Å²) in [5.41, 5.74) is 3.09. The van der Waals surface area contributed by atoms with Gasteiger partial charge in [0, 0.05) is 38.3 Å². The molecule has 2 fully saturated rings. The number of aromatic nitrogens is 5. The average Bonchev–Trinajstić information content (AvgIpc) is 3.25. The van der Waals surface area contributed by atoms with E-state index in [1.807, 2.05) is 18.2 Å². The highest BCUT2D eigenvalue weighted by atomic mass is 16.5. The molecule has 1 aliphatic heterocycles. The first-order valence-corrected chi connectivity index (χ1v) is 9.40. The molecular weight excluding hydrogens is 342 g/mol. The average molecular weight is 365 g/mol. The van der Waals surface area contributed by atoms with E-state index in [-0.39, 0.29) is 5.60 Å². The van der Waals surface area contributed by atoms with E-state index >= 15 is 0 Å². The van der Waals surface area contributed by atoms with Crippen LogP contribution in [0.3, 0.4) is 0 Å². The number of hydrogen-bond acceptors (Lipinski definition) is 7. The summed E-state index contributed by atoms with van der Waals surface area (Å²) >= 11 is 0. The van der Waals surface area contributed by atoms with Gasteiger partial charge in [0.25, 0.3) is 0 Å². The van der Waals surface area contributed by atoms with Gasteiger partial charge < -0.3 is 14.5 Å². The molecule has 0 aromatic carbocycles. The van der Waals surface area contributed by atoms with Gasteiger partial charge in [-0.3, -0.25) is 5.10 Å². The van der Waals surface area contributed by atoms with Crippen LogP contribution in [-0.2, 0) is 0 Å². The third-order valence-electron chi connectivity index (χ3n) is 5.41. The highest BCUT2D eigenvalue weighted by Gasteiger charge is 2.40. The van der Waals surface area contributed by atoms with Crippen LogP contribution in [0, 0.1) is 0 Å². The maximum absolute atomic E-state index is 6.01. The Morgan fingerprint density at radius 2 is 1.93 bits per heavy atom. The van der Waals surface area contributed by atoms with Crippen molar-refractivity contribution in [1.29, 1.82) is 0 Å². The van der Waals surface area contributed by atoms with E-state index in [1.165, 1.54) is 0 Å². The second kappa shape index (κ2) is 6.16. The van der Waals surface area contributed by atoms with Crippen LogP contribution < -0.4 is 9.64 Å². The number of piperazine rings is 1. The molecule has 8 nitrogen and oxygen atoms in total. The summed E-state index contributed by atoms with van der Waals surface area (Å²) in [5.74, 6) is 1.57. The number of nitrogens with zero attached hydrogens (tertiary/aromatic N) is 6. The summed E-state index contributed by atoms with van der Waals surface area (Å²) < 4.78 is 6.01. The van der Waals surface area contributed by atoms with Gasteiger partial charge in [0.05, 0.1) is 11.2 Å². The topological polar surface area (TPSA) is 83.1 Å². The molecule has 8 heteroatoms. The molecule has 1 saturated heterocycles. The van der Waals surface area contributed by atoms with Gasteiger partial charge in [0.15, 0.2) is 0 Å². The Morgan fingerprint density at radius 1 is 1.11 bits per heavy atom. The number of ether oxygens (including phenoxy) is 1. The minimum absolute atomic E-state index is 0.0614. The predicted octanol–water partition coefficient (Wildman–Crippen LogP) is 2.10. The minimum Gasteiger partial charge on any atom is -0.471 e. The molecule has 3 aromatic heterocycles. The van der Waals surface area contributed by atoms with E-state index in [4.69, 9.17) is 9.72 Å². The molecule has 1 N–H and O–H groups in total. The molecule has 2 aliphatic rings. The Morgan fingerprint density at radius 3 is 2.70 bits per heavy atom. The Labute approximate surface area is 157 Å². The van der Waals surface area contributed by atoms with Crippen molar-refractivity contribution >= 4 is 16.9 Å². The van der Waals surface area contributed by atoms with Crippen LogP contribution in [0.15, 0.2) is 24.5 Å². The van der Waals surface area contributed by atoms with Crippen LogP contribution in [0.25, 0.3) is 22.4 Å². The number of H-pyrrole nitrogens is 1. The lowest BCUT2D eigenvalue weighted by molar-refractivity contribution is 0.192. The molecule has 27 heavy (non-hydrogen) atoms. The monoisotopic (exact) mass is 365 g/mol. The summed E-state index contributed by atoms with van der Waals surface area (Å²) in [5, 5.41) is 7.51. The van der Waals surface area contributed by atoms with Crippen molar-refractivity contribution in [2.45, 2.75) is 25.4 Å². The minimum atomic E-state index is -0.0614. The maximum Gasteiger partial charge on any atom is 0.214 e. The number of aromatic amines is 1. The SMILES string of the molecule is CN1CCN(c2cc(-c3n[nH]c4ccc(OC5(C)CC5)nc34)ncn2)CC1. The van der Waals surface area contributed by atoms with E-state index in [1.54, 1.807) is 6.33 Å². The maximum atomic E-state index is 6.01. The van der Waals surface area contributed by atoms with Crippen LogP contribution in [0.4, 0.5) is 5.82 Å². The van der Waals surface area contributed by atoms with Crippen LogP contribution in [0.2, 0.25) is 0 Å². The number of nitrogens with one attached hydrogen (secondary N) is 1. The zero-order valence-electron chi connectivity index (χ0n) is 15.6. The molecule has 5 rings (SSSR count). The van der Waals surface area contributed by atoms with Gasteiger partial charge in [-0.15, -0.1) is 0 Å². The van der Waals surface area contributed by atoms with E-state index in [0.29, 0.717) is 5.88 Å². The third kappa shape index (κ3) is 3.21. The van der Waals surface area contributed by atoms with Gasteiger partial charge in [-0.2, -0.15) is 5.10 Å². The number of anilines is 1. The quantitative estimate of drug-likeness (QED) is 0.758.